The van der Waals surface area contributed by atoms with Gasteiger partial charge in [0.25, 0.3) is 0 Å². The topological polar surface area (TPSA) is 52.0 Å². The van der Waals surface area contributed by atoms with Crippen LogP contribution in [-0.4, -0.2) is 27.8 Å². The molecule has 0 aromatic heterocycles. The fourth-order valence-corrected chi connectivity index (χ4v) is 0.354. The maximum absolute atomic E-state index is 5.62. The normalized spacial score (nSPS) is 13.0. The first-order chi connectivity index (χ1) is 4.90. The maximum atomic E-state index is 5.62. The number of hydrogen-bond donors (Lipinski definition) is 2. The third-order valence-electron chi connectivity index (χ3n) is 1.37. The molecular weight excluding hydrogens is 151 g/mol. The van der Waals surface area contributed by atoms with Crippen LogP contribution in [0.25, 0.3) is 0 Å². The van der Waals surface area contributed by atoms with Crippen molar-refractivity contribution in [3.8, 4) is 0 Å². The van der Waals surface area contributed by atoms with E-state index < -0.39 is 0 Å². The summed E-state index contributed by atoms with van der Waals surface area (Å²) in [5.74, 6) is 4.42. The fourth-order valence-electron chi connectivity index (χ4n) is 0.354. The van der Waals surface area contributed by atoms with Gasteiger partial charge in [-0.3, -0.25) is 0 Å². The van der Waals surface area contributed by atoms with Crippen LogP contribution in [0.1, 0.15) is 20.8 Å². The lowest BCUT2D eigenvalue weighted by Gasteiger charge is -2.25. The van der Waals surface area contributed by atoms with Crippen molar-refractivity contribution in [1.29, 1.82) is 0 Å². The van der Waals surface area contributed by atoms with Crippen molar-refractivity contribution < 1.29 is 0 Å². The highest BCUT2D eigenvalue weighted by molar-refractivity contribution is 6.31. The van der Waals surface area contributed by atoms with E-state index in [1.54, 1.807) is 0 Å². The lowest BCUT2D eigenvalue weighted by molar-refractivity contribution is 0.326. The first-order valence-corrected chi connectivity index (χ1v) is 6.40. The van der Waals surface area contributed by atoms with E-state index in [9.17, 15) is 0 Å². The minimum absolute atomic E-state index is 0.127. The highest BCUT2D eigenvalue weighted by Crippen LogP contribution is 2.15. The third-order valence-corrected chi connectivity index (χ3v) is 1.37. The predicted octanol–water partition coefficient (Wildman–Crippen LogP) is 1.11. The summed E-state index contributed by atoms with van der Waals surface area (Å²) in [6.07, 6.45) is 0. The van der Waals surface area contributed by atoms with Crippen molar-refractivity contribution >= 4 is 15.2 Å². The second-order valence-corrected chi connectivity index (χ2v) is 4.94. The Labute approximate surface area is 77.4 Å². The second-order valence-electron chi connectivity index (χ2n) is 3.79. The zero-order valence-corrected chi connectivity index (χ0v) is 9.67. The zero-order valence-electron chi connectivity index (χ0n) is 8.52. The molecule has 0 aliphatic heterocycles. The SMILES string of the molecule is CC(C)(C)C(N)CN.[CH3][Al][CH3]. The quantitative estimate of drug-likeness (QED) is 0.583. The Bertz CT molecular complexity index is 78.7. The number of rotatable bonds is 1. The van der Waals surface area contributed by atoms with Gasteiger partial charge < -0.3 is 11.5 Å². The summed E-state index contributed by atoms with van der Waals surface area (Å²) in [5, 5.41) is 0. The minimum Gasteiger partial charge on any atom is -0.329 e. The first-order valence-electron chi connectivity index (χ1n) is 4.09. The maximum Gasteiger partial charge on any atom is 0.191 e. The van der Waals surface area contributed by atoms with Gasteiger partial charge in [0.2, 0.25) is 0 Å². The summed E-state index contributed by atoms with van der Waals surface area (Å²) in [7, 11) is 0. The van der Waals surface area contributed by atoms with E-state index in [-0.39, 0.29) is 11.5 Å². The Morgan fingerprint density at radius 2 is 1.55 bits per heavy atom. The van der Waals surface area contributed by atoms with Gasteiger partial charge in [0.05, 0.1) is 0 Å². The van der Waals surface area contributed by atoms with Crippen molar-refractivity contribution in [2.75, 3.05) is 6.54 Å². The molecule has 1 unspecified atom stereocenters. The molecule has 0 aromatic rings. The van der Waals surface area contributed by atoms with Crippen LogP contribution in [0.4, 0.5) is 0 Å². The van der Waals surface area contributed by atoms with E-state index in [1.807, 2.05) is 0 Å². The van der Waals surface area contributed by atoms with Crippen LogP contribution in [-0.2, 0) is 0 Å². The van der Waals surface area contributed by atoms with Gasteiger partial charge in [-0.05, 0) is 5.41 Å². The van der Waals surface area contributed by atoms with E-state index >= 15 is 0 Å². The summed E-state index contributed by atoms with van der Waals surface area (Å²) in [4.78, 5) is 0. The standard InChI is InChI=1S/C6H16N2.2CH3.Al/c1-6(2,3)5(8)4-7;;;/h5H,4,7-8H2,1-3H3;2*1H3;. The Morgan fingerprint density at radius 3 is 1.55 bits per heavy atom. The van der Waals surface area contributed by atoms with Gasteiger partial charge in [-0.2, -0.15) is 0 Å². The lowest BCUT2D eigenvalue weighted by atomic mass is 9.88. The zero-order chi connectivity index (χ0) is 9.49. The minimum atomic E-state index is 0.127. The van der Waals surface area contributed by atoms with Crippen molar-refractivity contribution in [2.24, 2.45) is 16.9 Å². The van der Waals surface area contributed by atoms with Crippen LogP contribution in [0, 0.1) is 5.41 Å². The average Bonchev–Trinajstić information content (AvgIpc) is 1.86. The molecule has 3 heteroatoms. The van der Waals surface area contributed by atoms with Gasteiger partial charge in [-0.15, -0.1) is 11.6 Å². The van der Waals surface area contributed by atoms with Gasteiger partial charge in [0.15, 0.2) is 15.2 Å². The molecular formula is C8H22AlN2. The number of nitrogens with two attached hydrogens (primary N) is 2. The Morgan fingerprint density at radius 1 is 1.27 bits per heavy atom. The second kappa shape index (κ2) is 7.12. The molecule has 4 N–H and O–H groups in total. The molecule has 0 saturated heterocycles. The van der Waals surface area contributed by atoms with Crippen molar-refractivity contribution in [3.63, 3.8) is 0 Å². The molecule has 0 heterocycles. The summed E-state index contributed by atoms with van der Waals surface area (Å²) in [6, 6.07) is 0.127. The van der Waals surface area contributed by atoms with Crippen LogP contribution in [0.15, 0.2) is 0 Å². The highest BCUT2D eigenvalue weighted by Gasteiger charge is 2.17. The van der Waals surface area contributed by atoms with Crippen LogP contribution in [0.5, 0.6) is 0 Å². The molecule has 0 aromatic carbocycles. The van der Waals surface area contributed by atoms with Crippen molar-refractivity contribution in [1.82, 2.24) is 0 Å². The summed E-state index contributed by atoms with van der Waals surface area (Å²) < 4.78 is 0. The van der Waals surface area contributed by atoms with Crippen molar-refractivity contribution in [2.45, 2.75) is 38.4 Å². The van der Waals surface area contributed by atoms with E-state index in [0.717, 1.165) is 15.2 Å². The van der Waals surface area contributed by atoms with Crippen LogP contribution in [0.3, 0.4) is 0 Å². The van der Waals surface area contributed by atoms with E-state index in [0.29, 0.717) is 6.54 Å². The van der Waals surface area contributed by atoms with Crippen LogP contribution >= 0.6 is 0 Å². The Balaban J connectivity index is 0. The molecule has 11 heavy (non-hydrogen) atoms. The molecule has 0 aliphatic rings. The van der Waals surface area contributed by atoms with Gasteiger partial charge in [0, 0.05) is 12.6 Å². The molecule has 67 valence electrons. The molecule has 0 fully saturated rings. The fraction of sp³-hybridized carbons (Fsp3) is 1.00. The van der Waals surface area contributed by atoms with E-state index in [4.69, 9.17) is 11.5 Å². The summed E-state index contributed by atoms with van der Waals surface area (Å²) >= 11 is 0.750. The van der Waals surface area contributed by atoms with Crippen LogP contribution in [0.2, 0.25) is 11.6 Å². The largest absolute Gasteiger partial charge is 0.329 e. The Kier molecular flexibility index (Phi) is 9.06. The smallest absolute Gasteiger partial charge is 0.191 e. The van der Waals surface area contributed by atoms with Crippen molar-refractivity contribution in [3.05, 3.63) is 0 Å². The molecule has 2 nitrogen and oxygen atoms in total. The predicted molar refractivity (Wildman–Crippen MR) is 54.0 cm³/mol. The molecule has 0 amide bonds. The third kappa shape index (κ3) is 10.5. The Hall–Kier alpha value is 0.452. The highest BCUT2D eigenvalue weighted by atomic mass is 27.1. The molecule has 1 atom stereocenters. The summed E-state index contributed by atoms with van der Waals surface area (Å²) in [5.41, 5.74) is 11.1. The monoisotopic (exact) mass is 173 g/mol. The van der Waals surface area contributed by atoms with Gasteiger partial charge >= 0.3 is 0 Å². The molecule has 0 aliphatic carbocycles. The van der Waals surface area contributed by atoms with Gasteiger partial charge in [0.1, 0.15) is 0 Å². The lowest BCUT2D eigenvalue weighted by Crippen LogP contribution is -2.41. The molecule has 0 bridgehead atoms. The van der Waals surface area contributed by atoms with Gasteiger partial charge in [-0.1, -0.05) is 20.8 Å². The molecule has 1 radical (unpaired) electrons. The molecule has 0 spiro atoms. The summed E-state index contributed by atoms with van der Waals surface area (Å²) in [6.45, 7) is 6.84. The van der Waals surface area contributed by atoms with Crippen LogP contribution < -0.4 is 11.5 Å². The average molecular weight is 173 g/mol. The number of hydrogen-bond acceptors (Lipinski definition) is 2. The van der Waals surface area contributed by atoms with E-state index in [1.165, 1.54) is 0 Å². The molecule has 0 saturated carbocycles. The van der Waals surface area contributed by atoms with Gasteiger partial charge in [-0.25, -0.2) is 0 Å². The van der Waals surface area contributed by atoms with E-state index in [2.05, 4.69) is 32.3 Å². The molecule has 0 rings (SSSR count). The first kappa shape index (κ1) is 14.0.